The van der Waals surface area contributed by atoms with E-state index in [0.717, 1.165) is 19.9 Å². The molecule has 0 spiro atoms. The normalized spacial score (nSPS) is 12.7. The first-order chi connectivity index (χ1) is 8.04. The van der Waals surface area contributed by atoms with E-state index in [-0.39, 0.29) is 11.9 Å². The van der Waals surface area contributed by atoms with Crippen molar-refractivity contribution in [3.63, 3.8) is 0 Å². The second-order valence-corrected chi connectivity index (χ2v) is 6.05. The summed E-state index contributed by atoms with van der Waals surface area (Å²) in [5.41, 5.74) is 6.96. The van der Waals surface area contributed by atoms with Gasteiger partial charge in [-0.2, -0.15) is 0 Å². The lowest BCUT2D eigenvalue weighted by Gasteiger charge is -2.09. The van der Waals surface area contributed by atoms with Crippen molar-refractivity contribution in [1.29, 1.82) is 0 Å². The zero-order valence-electron chi connectivity index (χ0n) is 9.28. The molecule has 0 radical (unpaired) electrons. The molecule has 2 N–H and O–H groups in total. The van der Waals surface area contributed by atoms with E-state index in [1.54, 1.807) is 17.5 Å². The quantitative estimate of drug-likeness (QED) is 0.940. The minimum atomic E-state index is -0.248. The summed E-state index contributed by atoms with van der Waals surface area (Å²) in [6.45, 7) is 1.94. The van der Waals surface area contributed by atoms with Gasteiger partial charge >= 0.3 is 0 Å². The summed E-state index contributed by atoms with van der Waals surface area (Å²) < 4.78 is 13.9. The molecule has 0 aliphatic rings. The Labute approximate surface area is 112 Å². The smallest absolute Gasteiger partial charge is 0.124 e. The van der Waals surface area contributed by atoms with Gasteiger partial charge in [0.05, 0.1) is 5.01 Å². The van der Waals surface area contributed by atoms with Crippen LogP contribution in [-0.4, -0.2) is 4.98 Å². The number of hydrogen-bond donors (Lipinski definition) is 1. The van der Waals surface area contributed by atoms with Gasteiger partial charge in [-0.15, -0.1) is 11.3 Å². The first kappa shape index (κ1) is 12.7. The van der Waals surface area contributed by atoms with Gasteiger partial charge in [0.2, 0.25) is 0 Å². The summed E-state index contributed by atoms with van der Waals surface area (Å²) in [4.78, 5) is 5.20. The Morgan fingerprint density at radius 2 is 2.24 bits per heavy atom. The molecule has 0 bridgehead atoms. The third kappa shape index (κ3) is 3.34. The summed E-state index contributed by atoms with van der Waals surface area (Å²) in [6.07, 6.45) is 2.40. The molecule has 0 aliphatic heterocycles. The van der Waals surface area contributed by atoms with Crippen LogP contribution in [0.25, 0.3) is 0 Å². The SMILES string of the molecule is Cc1ncc(C(N)Cc2cc(F)cc(Br)c2)s1. The fraction of sp³-hybridized carbons (Fsp3) is 0.250. The fourth-order valence-electron chi connectivity index (χ4n) is 1.63. The van der Waals surface area contributed by atoms with E-state index in [9.17, 15) is 4.39 Å². The molecular weight excluding hydrogens is 303 g/mol. The van der Waals surface area contributed by atoms with E-state index < -0.39 is 0 Å². The number of hydrogen-bond acceptors (Lipinski definition) is 3. The molecule has 2 nitrogen and oxygen atoms in total. The van der Waals surface area contributed by atoms with Crippen molar-refractivity contribution >= 4 is 27.3 Å². The monoisotopic (exact) mass is 314 g/mol. The molecule has 1 unspecified atom stereocenters. The summed E-state index contributed by atoms with van der Waals surface area (Å²) in [5, 5.41) is 0.996. The lowest BCUT2D eigenvalue weighted by molar-refractivity contribution is 0.621. The maximum Gasteiger partial charge on any atom is 0.124 e. The average molecular weight is 315 g/mol. The predicted molar refractivity (Wildman–Crippen MR) is 71.6 cm³/mol. The lowest BCUT2D eigenvalue weighted by Crippen LogP contribution is -2.11. The van der Waals surface area contributed by atoms with Crippen molar-refractivity contribution in [3.05, 3.63) is 50.1 Å². The molecule has 1 heterocycles. The molecular formula is C12H12BrFN2S. The van der Waals surface area contributed by atoms with Gasteiger partial charge in [-0.25, -0.2) is 9.37 Å². The van der Waals surface area contributed by atoms with Gasteiger partial charge in [0, 0.05) is 21.6 Å². The first-order valence-corrected chi connectivity index (χ1v) is 6.78. The molecule has 90 valence electrons. The van der Waals surface area contributed by atoms with Crippen LogP contribution in [-0.2, 0) is 6.42 Å². The van der Waals surface area contributed by atoms with Crippen LogP contribution >= 0.6 is 27.3 Å². The van der Waals surface area contributed by atoms with E-state index in [4.69, 9.17) is 5.73 Å². The average Bonchev–Trinajstić information content (AvgIpc) is 2.63. The topological polar surface area (TPSA) is 38.9 Å². The second kappa shape index (κ2) is 5.25. The Hall–Kier alpha value is -0.780. The van der Waals surface area contributed by atoms with Gasteiger partial charge in [0.1, 0.15) is 5.82 Å². The third-order valence-corrected chi connectivity index (χ3v) is 3.89. The Morgan fingerprint density at radius 3 is 2.82 bits per heavy atom. The zero-order chi connectivity index (χ0) is 12.4. The van der Waals surface area contributed by atoms with E-state index >= 15 is 0 Å². The molecule has 1 aromatic heterocycles. The zero-order valence-corrected chi connectivity index (χ0v) is 11.7. The highest BCUT2D eigenvalue weighted by Gasteiger charge is 2.11. The summed E-state index contributed by atoms with van der Waals surface area (Å²) in [5.74, 6) is -0.248. The number of thiazole rings is 1. The van der Waals surface area contributed by atoms with Gasteiger partial charge < -0.3 is 5.73 Å². The molecule has 1 atom stereocenters. The van der Waals surface area contributed by atoms with Crippen LogP contribution < -0.4 is 5.73 Å². The molecule has 5 heteroatoms. The molecule has 2 rings (SSSR count). The first-order valence-electron chi connectivity index (χ1n) is 5.17. The molecule has 1 aromatic carbocycles. The third-order valence-electron chi connectivity index (χ3n) is 2.38. The lowest BCUT2D eigenvalue weighted by atomic mass is 10.1. The van der Waals surface area contributed by atoms with Gasteiger partial charge in [-0.3, -0.25) is 0 Å². The second-order valence-electron chi connectivity index (χ2n) is 3.87. The van der Waals surface area contributed by atoms with Gasteiger partial charge in [-0.1, -0.05) is 15.9 Å². The van der Waals surface area contributed by atoms with E-state index in [1.165, 1.54) is 12.1 Å². The summed E-state index contributed by atoms with van der Waals surface area (Å²) in [6, 6.07) is 4.70. The molecule has 0 saturated heterocycles. The van der Waals surface area contributed by atoms with Crippen LogP contribution in [0.2, 0.25) is 0 Å². The number of rotatable bonds is 3. The minimum Gasteiger partial charge on any atom is -0.323 e. The van der Waals surface area contributed by atoms with E-state index in [1.807, 2.05) is 13.0 Å². The van der Waals surface area contributed by atoms with Crippen LogP contribution in [0, 0.1) is 12.7 Å². The maximum absolute atomic E-state index is 13.2. The summed E-state index contributed by atoms with van der Waals surface area (Å²) >= 11 is 4.85. The Morgan fingerprint density at radius 1 is 1.47 bits per heavy atom. The fourth-order valence-corrected chi connectivity index (χ4v) is 2.93. The van der Waals surface area contributed by atoms with Gasteiger partial charge in [0.15, 0.2) is 0 Å². The maximum atomic E-state index is 13.2. The van der Waals surface area contributed by atoms with Crippen LogP contribution in [0.5, 0.6) is 0 Å². The van der Waals surface area contributed by atoms with Gasteiger partial charge in [-0.05, 0) is 37.1 Å². The molecule has 0 saturated carbocycles. The van der Waals surface area contributed by atoms with Crippen molar-refractivity contribution in [2.24, 2.45) is 5.73 Å². The largest absolute Gasteiger partial charge is 0.323 e. The number of nitrogens with zero attached hydrogens (tertiary/aromatic N) is 1. The predicted octanol–water partition coefficient (Wildman–Crippen LogP) is 3.60. The Balaban J connectivity index is 2.15. The van der Waals surface area contributed by atoms with Gasteiger partial charge in [0.25, 0.3) is 0 Å². The van der Waals surface area contributed by atoms with Crippen LogP contribution in [0.3, 0.4) is 0 Å². The van der Waals surface area contributed by atoms with Crippen LogP contribution in [0.15, 0.2) is 28.9 Å². The number of nitrogens with two attached hydrogens (primary N) is 1. The highest BCUT2D eigenvalue weighted by molar-refractivity contribution is 9.10. The van der Waals surface area contributed by atoms with Crippen molar-refractivity contribution in [3.8, 4) is 0 Å². The Bertz CT molecular complexity index is 507. The molecule has 0 aliphatic carbocycles. The molecule has 17 heavy (non-hydrogen) atoms. The number of benzene rings is 1. The molecule has 2 aromatic rings. The van der Waals surface area contributed by atoms with Crippen LogP contribution in [0.4, 0.5) is 4.39 Å². The molecule has 0 fully saturated rings. The van der Waals surface area contributed by atoms with Crippen molar-refractivity contribution in [1.82, 2.24) is 4.98 Å². The minimum absolute atomic E-state index is 0.130. The number of aryl methyl sites for hydroxylation is 1. The highest BCUT2D eigenvalue weighted by Crippen LogP contribution is 2.23. The van der Waals surface area contributed by atoms with Crippen molar-refractivity contribution in [2.45, 2.75) is 19.4 Å². The van der Waals surface area contributed by atoms with Crippen molar-refractivity contribution in [2.75, 3.05) is 0 Å². The van der Waals surface area contributed by atoms with E-state index in [2.05, 4.69) is 20.9 Å². The highest BCUT2D eigenvalue weighted by atomic mass is 79.9. The number of aromatic nitrogens is 1. The van der Waals surface area contributed by atoms with Crippen LogP contribution in [0.1, 0.15) is 21.5 Å². The van der Waals surface area contributed by atoms with Crippen molar-refractivity contribution < 1.29 is 4.39 Å². The number of halogens is 2. The summed E-state index contributed by atoms with van der Waals surface area (Å²) in [7, 11) is 0. The van der Waals surface area contributed by atoms with E-state index in [0.29, 0.717) is 6.42 Å². The standard InChI is InChI=1S/C12H12BrFN2S/c1-7-16-6-12(17-7)11(15)4-8-2-9(13)5-10(14)3-8/h2-3,5-6,11H,4,15H2,1H3. The Kier molecular flexibility index (Phi) is 3.91. The molecule has 0 amide bonds.